The van der Waals surface area contributed by atoms with Gasteiger partial charge in [0.15, 0.2) is 0 Å². The summed E-state index contributed by atoms with van der Waals surface area (Å²) in [6.07, 6.45) is 3.38. The van der Waals surface area contributed by atoms with Crippen molar-refractivity contribution in [2.75, 3.05) is 0 Å². The zero-order chi connectivity index (χ0) is 13.7. The second-order valence-corrected chi connectivity index (χ2v) is 5.52. The van der Waals surface area contributed by atoms with Crippen molar-refractivity contribution >= 4 is 15.9 Å². The minimum atomic E-state index is -0.275. The van der Waals surface area contributed by atoms with Crippen LogP contribution in [0.5, 0.6) is 0 Å². The third kappa shape index (κ3) is 3.35. The molecule has 1 rings (SSSR count). The maximum Gasteiger partial charge on any atom is 0.0766 e. The van der Waals surface area contributed by atoms with E-state index in [1.54, 1.807) is 0 Å². The van der Waals surface area contributed by atoms with Gasteiger partial charge in [-0.05, 0) is 35.2 Å². The van der Waals surface area contributed by atoms with Gasteiger partial charge in [0, 0.05) is 13.0 Å². The lowest BCUT2D eigenvalue weighted by Crippen LogP contribution is -2.23. The molecule has 0 aromatic carbocycles. The van der Waals surface area contributed by atoms with Crippen LogP contribution in [0, 0.1) is 5.92 Å². The fraction of sp³-hybridized carbons (Fsp3) is 0.786. The van der Waals surface area contributed by atoms with Gasteiger partial charge in [0.2, 0.25) is 0 Å². The van der Waals surface area contributed by atoms with Crippen LogP contribution in [0.3, 0.4) is 0 Å². The molecule has 1 N–H and O–H groups in total. The largest absolute Gasteiger partial charge is 0.392 e. The maximum absolute atomic E-state index is 10.3. The molecule has 4 heteroatoms. The molecule has 0 spiro atoms. The lowest BCUT2D eigenvalue weighted by atomic mass is 9.93. The van der Waals surface area contributed by atoms with Crippen molar-refractivity contribution in [2.24, 2.45) is 5.92 Å². The topological polar surface area (TPSA) is 38.0 Å². The molecule has 0 radical (unpaired) electrons. The molecule has 104 valence electrons. The quantitative estimate of drug-likeness (QED) is 0.835. The molecule has 0 saturated carbocycles. The summed E-state index contributed by atoms with van der Waals surface area (Å²) >= 11 is 3.63. The van der Waals surface area contributed by atoms with E-state index in [0.29, 0.717) is 12.3 Å². The minimum Gasteiger partial charge on any atom is -0.392 e. The van der Waals surface area contributed by atoms with Crippen LogP contribution in [0.25, 0.3) is 0 Å². The van der Waals surface area contributed by atoms with Crippen molar-refractivity contribution < 1.29 is 5.11 Å². The van der Waals surface area contributed by atoms with Crippen LogP contribution < -0.4 is 0 Å². The van der Waals surface area contributed by atoms with E-state index in [-0.39, 0.29) is 6.10 Å². The van der Waals surface area contributed by atoms with Crippen molar-refractivity contribution in [1.82, 2.24) is 9.78 Å². The van der Waals surface area contributed by atoms with Crippen LogP contribution in [0.15, 0.2) is 4.47 Å². The van der Waals surface area contributed by atoms with Gasteiger partial charge < -0.3 is 5.11 Å². The van der Waals surface area contributed by atoms with Crippen LogP contribution in [-0.2, 0) is 19.4 Å². The average Bonchev–Trinajstić information content (AvgIpc) is 2.68. The van der Waals surface area contributed by atoms with Crippen LogP contribution in [0.2, 0.25) is 0 Å². The number of aliphatic hydroxyl groups is 1. The molecule has 0 fully saturated rings. The Labute approximate surface area is 119 Å². The highest BCUT2D eigenvalue weighted by Gasteiger charge is 2.21. The van der Waals surface area contributed by atoms with Crippen molar-refractivity contribution in [2.45, 2.75) is 66.0 Å². The fourth-order valence-corrected chi connectivity index (χ4v) is 3.14. The lowest BCUT2D eigenvalue weighted by Gasteiger charge is -2.20. The Kier molecular flexibility index (Phi) is 6.36. The average molecular weight is 317 g/mol. The second-order valence-electron chi connectivity index (χ2n) is 4.72. The predicted molar refractivity (Wildman–Crippen MR) is 78.8 cm³/mol. The molecule has 18 heavy (non-hydrogen) atoms. The number of hydrogen-bond donors (Lipinski definition) is 1. The molecule has 1 atom stereocenters. The number of aliphatic hydroxyl groups excluding tert-OH is 1. The first-order valence-corrected chi connectivity index (χ1v) is 7.80. The Morgan fingerprint density at radius 3 is 2.28 bits per heavy atom. The van der Waals surface area contributed by atoms with Gasteiger partial charge in [0.05, 0.1) is 22.0 Å². The van der Waals surface area contributed by atoms with E-state index in [9.17, 15) is 5.11 Å². The Morgan fingerprint density at radius 2 is 1.83 bits per heavy atom. The van der Waals surface area contributed by atoms with E-state index in [0.717, 1.165) is 41.7 Å². The van der Waals surface area contributed by atoms with Crippen LogP contribution in [-0.4, -0.2) is 21.0 Å². The van der Waals surface area contributed by atoms with Gasteiger partial charge in [-0.25, -0.2) is 0 Å². The summed E-state index contributed by atoms with van der Waals surface area (Å²) < 4.78 is 3.09. The summed E-state index contributed by atoms with van der Waals surface area (Å²) in [4.78, 5) is 0. The summed E-state index contributed by atoms with van der Waals surface area (Å²) in [5, 5.41) is 14.9. The summed E-state index contributed by atoms with van der Waals surface area (Å²) in [5.41, 5.74) is 2.22. The van der Waals surface area contributed by atoms with Crippen molar-refractivity contribution in [3.63, 3.8) is 0 Å². The third-order valence-electron chi connectivity index (χ3n) is 3.69. The van der Waals surface area contributed by atoms with Crippen LogP contribution >= 0.6 is 15.9 Å². The molecule has 0 aliphatic heterocycles. The van der Waals surface area contributed by atoms with Crippen LogP contribution in [0.1, 0.15) is 51.9 Å². The highest BCUT2D eigenvalue weighted by molar-refractivity contribution is 9.10. The number of rotatable bonds is 7. The fourth-order valence-electron chi connectivity index (χ4n) is 2.41. The van der Waals surface area contributed by atoms with E-state index >= 15 is 0 Å². The van der Waals surface area contributed by atoms with Crippen molar-refractivity contribution in [3.05, 3.63) is 15.9 Å². The standard InChI is InChI=1S/C14H25BrN2O/c1-5-10(6-2)13(18)9-12-14(15)11(7-3)16-17(12)8-4/h10,13,18H,5-9H2,1-4H3. The lowest BCUT2D eigenvalue weighted by molar-refractivity contribution is 0.101. The van der Waals surface area contributed by atoms with E-state index in [4.69, 9.17) is 0 Å². The SMILES string of the molecule is CCc1nn(CC)c(CC(O)C(CC)CC)c1Br. The van der Waals surface area contributed by atoms with Gasteiger partial charge in [-0.15, -0.1) is 0 Å². The summed E-state index contributed by atoms with van der Waals surface area (Å²) in [7, 11) is 0. The molecule has 3 nitrogen and oxygen atoms in total. The zero-order valence-corrected chi connectivity index (χ0v) is 13.5. The molecular weight excluding hydrogens is 292 g/mol. The van der Waals surface area contributed by atoms with Gasteiger partial charge in [-0.3, -0.25) is 4.68 Å². The highest BCUT2D eigenvalue weighted by atomic mass is 79.9. The maximum atomic E-state index is 10.3. The summed E-state index contributed by atoms with van der Waals surface area (Å²) in [5.74, 6) is 0.377. The normalized spacial score (nSPS) is 13.3. The third-order valence-corrected chi connectivity index (χ3v) is 4.60. The number of aromatic nitrogens is 2. The van der Waals surface area contributed by atoms with E-state index in [1.165, 1.54) is 0 Å². The van der Waals surface area contributed by atoms with E-state index < -0.39 is 0 Å². The molecule has 1 heterocycles. The number of hydrogen-bond acceptors (Lipinski definition) is 2. The molecule has 0 aliphatic carbocycles. The number of aryl methyl sites for hydroxylation is 2. The Bertz CT molecular complexity index is 372. The van der Waals surface area contributed by atoms with Gasteiger partial charge in [-0.1, -0.05) is 33.6 Å². The second kappa shape index (κ2) is 7.29. The Morgan fingerprint density at radius 1 is 1.22 bits per heavy atom. The van der Waals surface area contributed by atoms with Gasteiger partial charge in [0.1, 0.15) is 0 Å². The van der Waals surface area contributed by atoms with E-state index in [2.05, 4.69) is 48.7 Å². The molecule has 0 saturated heterocycles. The molecule has 0 amide bonds. The Hall–Kier alpha value is -0.350. The zero-order valence-electron chi connectivity index (χ0n) is 11.9. The van der Waals surface area contributed by atoms with Gasteiger partial charge in [0.25, 0.3) is 0 Å². The molecule has 0 bridgehead atoms. The van der Waals surface area contributed by atoms with Gasteiger partial charge >= 0.3 is 0 Å². The van der Waals surface area contributed by atoms with E-state index in [1.807, 2.05) is 4.68 Å². The molecule has 0 aliphatic rings. The molecule has 1 aromatic rings. The molecule has 1 unspecified atom stereocenters. The van der Waals surface area contributed by atoms with Crippen molar-refractivity contribution in [3.8, 4) is 0 Å². The first kappa shape index (κ1) is 15.7. The first-order chi connectivity index (χ1) is 8.58. The Balaban J connectivity index is 2.92. The molecule has 1 aromatic heterocycles. The van der Waals surface area contributed by atoms with Crippen LogP contribution in [0.4, 0.5) is 0 Å². The smallest absolute Gasteiger partial charge is 0.0766 e. The minimum absolute atomic E-state index is 0.275. The summed E-state index contributed by atoms with van der Waals surface area (Å²) in [6.45, 7) is 9.33. The van der Waals surface area contributed by atoms with Crippen molar-refractivity contribution in [1.29, 1.82) is 0 Å². The van der Waals surface area contributed by atoms with Gasteiger partial charge in [-0.2, -0.15) is 5.10 Å². The first-order valence-electron chi connectivity index (χ1n) is 7.00. The summed E-state index contributed by atoms with van der Waals surface area (Å²) in [6, 6.07) is 0. The molecular formula is C14H25BrN2O. The number of nitrogens with zero attached hydrogens (tertiary/aromatic N) is 2. The predicted octanol–water partition coefficient (Wildman–Crippen LogP) is 3.57. The number of halogens is 1. The highest BCUT2D eigenvalue weighted by Crippen LogP contribution is 2.26. The monoisotopic (exact) mass is 316 g/mol.